The van der Waals surface area contributed by atoms with Crippen LogP contribution in [-0.4, -0.2) is 22.4 Å². The molecule has 16 heavy (non-hydrogen) atoms. The second-order valence-corrected chi connectivity index (χ2v) is 4.26. The molecule has 84 valence electrons. The van der Waals surface area contributed by atoms with Crippen molar-refractivity contribution in [3.8, 4) is 0 Å². The van der Waals surface area contributed by atoms with Gasteiger partial charge in [0.2, 0.25) is 0 Å². The van der Waals surface area contributed by atoms with Gasteiger partial charge in [0, 0.05) is 11.9 Å². The van der Waals surface area contributed by atoms with Gasteiger partial charge < -0.3 is 10.5 Å². The molecule has 0 bridgehead atoms. The number of aromatic nitrogens is 2. The van der Waals surface area contributed by atoms with E-state index in [0.717, 1.165) is 23.1 Å². The summed E-state index contributed by atoms with van der Waals surface area (Å²) >= 11 is 0. The number of hydrogen-bond acceptors (Lipinski definition) is 3. The van der Waals surface area contributed by atoms with Gasteiger partial charge in [-0.2, -0.15) is 5.10 Å². The maximum atomic E-state index is 5.84. The molecule has 0 amide bonds. The Morgan fingerprint density at radius 3 is 3.12 bits per heavy atom. The minimum absolute atomic E-state index is 0.0313. The van der Waals surface area contributed by atoms with Crippen LogP contribution >= 0.6 is 0 Å². The third-order valence-electron chi connectivity index (χ3n) is 3.03. The van der Waals surface area contributed by atoms with Gasteiger partial charge in [0.15, 0.2) is 0 Å². The highest BCUT2D eigenvalue weighted by Gasteiger charge is 2.27. The molecule has 0 unspecified atom stereocenters. The van der Waals surface area contributed by atoms with Gasteiger partial charge in [0.25, 0.3) is 0 Å². The van der Waals surface area contributed by atoms with Crippen molar-refractivity contribution in [2.75, 3.05) is 6.54 Å². The Bertz CT molecular complexity index is 520. The summed E-state index contributed by atoms with van der Waals surface area (Å²) in [6.45, 7) is 3.36. The lowest BCUT2D eigenvalue weighted by Gasteiger charge is -2.28. The number of ether oxygens (including phenoxy) is 1. The molecule has 1 aliphatic rings. The summed E-state index contributed by atoms with van der Waals surface area (Å²) in [4.78, 5) is 0. The number of nitrogens with zero attached hydrogens (tertiary/aromatic N) is 2. The predicted octanol–water partition coefficient (Wildman–Crippen LogP) is 1.45. The summed E-state index contributed by atoms with van der Waals surface area (Å²) in [5.74, 6) is 0. The highest BCUT2D eigenvalue weighted by atomic mass is 16.5. The SMILES string of the molecule is C[C@@H]1Cn2nc3ccccc3c2[C@@H](CN)O1. The van der Waals surface area contributed by atoms with E-state index in [1.54, 1.807) is 0 Å². The third kappa shape index (κ3) is 1.34. The molecule has 0 fully saturated rings. The highest BCUT2D eigenvalue weighted by molar-refractivity contribution is 5.82. The molecular weight excluding hydrogens is 202 g/mol. The second kappa shape index (κ2) is 3.57. The van der Waals surface area contributed by atoms with Gasteiger partial charge in [-0.05, 0) is 13.0 Å². The molecule has 0 spiro atoms. The standard InChI is InChI=1S/C12H15N3O/c1-8-7-15-12(11(6-13)16-8)9-4-2-3-5-10(9)14-15/h2-5,8,11H,6-7,13H2,1H3/t8-,11-/m1/s1. The molecule has 4 heteroatoms. The molecule has 0 saturated carbocycles. The van der Waals surface area contributed by atoms with Crippen LogP contribution in [0.15, 0.2) is 24.3 Å². The average molecular weight is 217 g/mol. The van der Waals surface area contributed by atoms with Crippen LogP contribution in [0.4, 0.5) is 0 Å². The molecule has 3 rings (SSSR count). The number of fused-ring (bicyclic) bond motifs is 3. The zero-order valence-corrected chi connectivity index (χ0v) is 9.26. The molecule has 0 saturated heterocycles. The molecule has 4 nitrogen and oxygen atoms in total. The normalized spacial score (nSPS) is 24.6. The van der Waals surface area contributed by atoms with Crippen LogP contribution < -0.4 is 5.73 Å². The molecule has 0 aliphatic carbocycles. The van der Waals surface area contributed by atoms with Crippen LogP contribution in [0, 0.1) is 0 Å². The van der Waals surface area contributed by atoms with Crippen LogP contribution in [0.5, 0.6) is 0 Å². The van der Waals surface area contributed by atoms with E-state index in [-0.39, 0.29) is 12.2 Å². The Labute approximate surface area is 94.0 Å². The van der Waals surface area contributed by atoms with E-state index in [0.29, 0.717) is 6.54 Å². The van der Waals surface area contributed by atoms with Crippen LogP contribution in [0.25, 0.3) is 10.9 Å². The summed E-state index contributed by atoms with van der Waals surface area (Å²) in [5.41, 5.74) is 7.91. The molecular formula is C12H15N3O. The first-order valence-electron chi connectivity index (χ1n) is 5.60. The smallest absolute Gasteiger partial charge is 0.112 e. The van der Waals surface area contributed by atoms with Gasteiger partial charge in [-0.3, -0.25) is 4.68 Å². The van der Waals surface area contributed by atoms with E-state index >= 15 is 0 Å². The minimum Gasteiger partial charge on any atom is -0.366 e. The minimum atomic E-state index is -0.0313. The number of nitrogens with two attached hydrogens (primary N) is 1. The first kappa shape index (κ1) is 9.81. The topological polar surface area (TPSA) is 53.1 Å². The van der Waals surface area contributed by atoms with E-state index in [9.17, 15) is 0 Å². The van der Waals surface area contributed by atoms with Crippen molar-refractivity contribution in [3.05, 3.63) is 30.0 Å². The molecule has 1 aliphatic heterocycles. The molecule has 1 aromatic carbocycles. The maximum Gasteiger partial charge on any atom is 0.112 e. The molecule has 2 heterocycles. The quantitative estimate of drug-likeness (QED) is 0.786. The molecule has 2 atom stereocenters. The fourth-order valence-corrected chi connectivity index (χ4v) is 2.38. The van der Waals surface area contributed by atoms with E-state index < -0.39 is 0 Å². The van der Waals surface area contributed by atoms with E-state index in [2.05, 4.69) is 18.1 Å². The lowest BCUT2D eigenvalue weighted by atomic mass is 10.1. The van der Waals surface area contributed by atoms with Crippen molar-refractivity contribution in [1.82, 2.24) is 9.78 Å². The lowest BCUT2D eigenvalue weighted by Crippen LogP contribution is -2.32. The summed E-state index contributed by atoms with van der Waals surface area (Å²) in [5, 5.41) is 5.74. The largest absolute Gasteiger partial charge is 0.366 e. The van der Waals surface area contributed by atoms with Gasteiger partial charge in [-0.1, -0.05) is 18.2 Å². The van der Waals surface area contributed by atoms with Crippen LogP contribution in [0.2, 0.25) is 0 Å². The monoisotopic (exact) mass is 217 g/mol. The molecule has 2 N–H and O–H groups in total. The van der Waals surface area contributed by atoms with Gasteiger partial charge in [0.05, 0.1) is 23.9 Å². The number of rotatable bonds is 1. The summed E-state index contributed by atoms with van der Waals surface area (Å²) in [6.07, 6.45) is 0.145. The van der Waals surface area contributed by atoms with Gasteiger partial charge in [0.1, 0.15) is 6.10 Å². The van der Waals surface area contributed by atoms with E-state index in [1.807, 2.05) is 22.9 Å². The van der Waals surface area contributed by atoms with Crippen molar-refractivity contribution < 1.29 is 4.74 Å². The fourth-order valence-electron chi connectivity index (χ4n) is 2.38. The molecule has 0 radical (unpaired) electrons. The van der Waals surface area contributed by atoms with Crippen molar-refractivity contribution in [2.45, 2.75) is 25.7 Å². The Morgan fingerprint density at radius 1 is 1.50 bits per heavy atom. The van der Waals surface area contributed by atoms with Crippen molar-refractivity contribution >= 4 is 10.9 Å². The first-order chi connectivity index (χ1) is 7.79. The van der Waals surface area contributed by atoms with Crippen LogP contribution in [0.3, 0.4) is 0 Å². The van der Waals surface area contributed by atoms with E-state index in [4.69, 9.17) is 10.5 Å². The number of benzene rings is 1. The maximum absolute atomic E-state index is 5.84. The number of hydrogen-bond donors (Lipinski definition) is 1. The average Bonchev–Trinajstić information content (AvgIpc) is 2.65. The Kier molecular flexibility index (Phi) is 2.19. The van der Waals surface area contributed by atoms with Gasteiger partial charge in [-0.25, -0.2) is 0 Å². The Hall–Kier alpha value is -1.39. The zero-order valence-electron chi connectivity index (χ0n) is 9.26. The van der Waals surface area contributed by atoms with E-state index in [1.165, 1.54) is 0 Å². The fraction of sp³-hybridized carbons (Fsp3) is 0.417. The predicted molar refractivity (Wildman–Crippen MR) is 62.1 cm³/mol. The highest BCUT2D eigenvalue weighted by Crippen LogP contribution is 2.30. The Balaban J connectivity index is 2.23. The van der Waals surface area contributed by atoms with Crippen molar-refractivity contribution in [3.63, 3.8) is 0 Å². The Morgan fingerprint density at radius 2 is 2.31 bits per heavy atom. The lowest BCUT2D eigenvalue weighted by molar-refractivity contribution is -0.0344. The zero-order chi connectivity index (χ0) is 11.1. The third-order valence-corrected chi connectivity index (χ3v) is 3.03. The molecule has 1 aromatic heterocycles. The summed E-state index contributed by atoms with van der Waals surface area (Å²) in [7, 11) is 0. The second-order valence-electron chi connectivity index (χ2n) is 4.26. The van der Waals surface area contributed by atoms with Crippen molar-refractivity contribution in [2.24, 2.45) is 5.73 Å². The van der Waals surface area contributed by atoms with Gasteiger partial charge >= 0.3 is 0 Å². The van der Waals surface area contributed by atoms with Crippen LogP contribution in [0.1, 0.15) is 18.7 Å². The summed E-state index contributed by atoms with van der Waals surface area (Å²) < 4.78 is 7.88. The van der Waals surface area contributed by atoms with Crippen molar-refractivity contribution in [1.29, 1.82) is 0 Å². The summed E-state index contributed by atoms with van der Waals surface area (Å²) in [6, 6.07) is 8.13. The van der Waals surface area contributed by atoms with Gasteiger partial charge in [-0.15, -0.1) is 0 Å². The first-order valence-corrected chi connectivity index (χ1v) is 5.60. The van der Waals surface area contributed by atoms with Crippen LogP contribution in [-0.2, 0) is 11.3 Å². The molecule has 2 aromatic rings.